The molecule has 0 unspecified atom stereocenters. The van der Waals surface area contributed by atoms with Gasteiger partial charge in [-0.25, -0.2) is 0 Å². The molecule has 3 rings (SSSR count). The minimum Gasteiger partial charge on any atom is -0.460 e. The second-order valence-electron chi connectivity index (χ2n) is 5.10. The van der Waals surface area contributed by atoms with Crippen LogP contribution >= 0.6 is 11.3 Å². The molecule has 114 valence electrons. The number of nitrogens with zero attached hydrogens (tertiary/aromatic N) is 1. The van der Waals surface area contributed by atoms with E-state index in [1.54, 1.807) is 17.4 Å². The number of aryl methyl sites for hydroxylation is 2. The highest BCUT2D eigenvalue weighted by molar-refractivity contribution is 7.11. The average Bonchev–Trinajstić information content (AvgIpc) is 3.19. The van der Waals surface area contributed by atoms with Crippen molar-refractivity contribution >= 4 is 17.2 Å². The van der Waals surface area contributed by atoms with Gasteiger partial charge >= 0.3 is 0 Å². The molecule has 0 bridgehead atoms. The molecular weight excluding hydrogens is 298 g/mol. The minimum absolute atomic E-state index is 0.181. The molecule has 0 aliphatic rings. The number of amides is 1. The van der Waals surface area contributed by atoms with Gasteiger partial charge < -0.3 is 9.73 Å². The molecule has 0 aromatic carbocycles. The molecular formula is C16H17N3O2S. The van der Waals surface area contributed by atoms with Gasteiger partial charge in [0, 0.05) is 22.4 Å². The standard InChI is InChI=1S/C16H17N3O2S/c1-10-3-6-15(21-10)13-9-14(19-18-13)16(20)17-8-7-12-5-4-11(2)22-12/h3-6,9H,7-8H2,1-2H3,(H,17,20)(H,18,19). The first kappa shape index (κ1) is 14.6. The molecule has 0 saturated carbocycles. The Morgan fingerprint density at radius 2 is 2.18 bits per heavy atom. The Labute approximate surface area is 132 Å². The summed E-state index contributed by atoms with van der Waals surface area (Å²) in [5.41, 5.74) is 1.07. The second kappa shape index (κ2) is 6.19. The summed E-state index contributed by atoms with van der Waals surface area (Å²) in [6, 6.07) is 9.61. The van der Waals surface area contributed by atoms with Crippen LogP contribution in [-0.4, -0.2) is 22.6 Å². The van der Waals surface area contributed by atoms with Crippen molar-refractivity contribution in [3.8, 4) is 11.5 Å². The smallest absolute Gasteiger partial charge is 0.271 e. The van der Waals surface area contributed by atoms with Gasteiger partial charge in [0.15, 0.2) is 11.5 Å². The third-order valence-electron chi connectivity index (χ3n) is 3.27. The topological polar surface area (TPSA) is 70.9 Å². The summed E-state index contributed by atoms with van der Waals surface area (Å²) >= 11 is 1.75. The van der Waals surface area contributed by atoms with E-state index < -0.39 is 0 Å². The summed E-state index contributed by atoms with van der Waals surface area (Å²) in [6.45, 7) is 4.55. The number of furan rings is 1. The maximum absolute atomic E-state index is 12.1. The van der Waals surface area contributed by atoms with Gasteiger partial charge in [-0.3, -0.25) is 9.89 Å². The number of hydrogen-bond acceptors (Lipinski definition) is 4. The lowest BCUT2D eigenvalue weighted by atomic mass is 10.3. The number of carbonyl (C=O) groups excluding carboxylic acids is 1. The van der Waals surface area contributed by atoms with E-state index in [4.69, 9.17) is 4.42 Å². The van der Waals surface area contributed by atoms with Crippen molar-refractivity contribution in [1.29, 1.82) is 0 Å². The van der Waals surface area contributed by atoms with Gasteiger partial charge in [-0.05, 0) is 44.5 Å². The van der Waals surface area contributed by atoms with Gasteiger partial charge in [0.25, 0.3) is 5.91 Å². The van der Waals surface area contributed by atoms with Crippen molar-refractivity contribution in [3.05, 3.63) is 51.5 Å². The molecule has 0 fully saturated rings. The van der Waals surface area contributed by atoms with Gasteiger partial charge in [-0.2, -0.15) is 5.10 Å². The normalized spacial score (nSPS) is 10.8. The minimum atomic E-state index is -0.181. The molecule has 0 aliphatic heterocycles. The highest BCUT2D eigenvalue weighted by Crippen LogP contribution is 2.20. The predicted molar refractivity (Wildman–Crippen MR) is 86.1 cm³/mol. The van der Waals surface area contributed by atoms with Crippen LogP contribution in [0.3, 0.4) is 0 Å². The van der Waals surface area contributed by atoms with E-state index in [1.807, 2.05) is 19.1 Å². The number of hydrogen-bond donors (Lipinski definition) is 2. The summed E-state index contributed by atoms with van der Waals surface area (Å²) in [5.74, 6) is 1.32. The second-order valence-corrected chi connectivity index (χ2v) is 6.47. The Morgan fingerprint density at radius 1 is 1.32 bits per heavy atom. The number of aromatic amines is 1. The first-order chi connectivity index (χ1) is 10.6. The van der Waals surface area contributed by atoms with Gasteiger partial charge in [0.05, 0.1) is 0 Å². The van der Waals surface area contributed by atoms with Crippen LogP contribution in [0.15, 0.2) is 34.7 Å². The molecule has 0 radical (unpaired) electrons. The molecule has 3 aromatic heterocycles. The number of nitrogens with one attached hydrogen (secondary N) is 2. The maximum atomic E-state index is 12.1. The summed E-state index contributed by atoms with van der Waals surface area (Å²) in [4.78, 5) is 14.6. The highest BCUT2D eigenvalue weighted by atomic mass is 32.1. The zero-order chi connectivity index (χ0) is 15.5. The third kappa shape index (κ3) is 3.28. The first-order valence-electron chi connectivity index (χ1n) is 7.07. The van der Waals surface area contributed by atoms with E-state index in [2.05, 4.69) is 34.6 Å². The molecule has 3 heterocycles. The molecule has 6 heteroatoms. The zero-order valence-electron chi connectivity index (χ0n) is 12.5. The van der Waals surface area contributed by atoms with E-state index in [0.717, 1.165) is 12.2 Å². The SMILES string of the molecule is Cc1ccc(-c2cc(C(=O)NCCc3ccc(C)s3)n[nH]2)o1. The lowest BCUT2D eigenvalue weighted by molar-refractivity contribution is 0.0949. The molecule has 5 nitrogen and oxygen atoms in total. The van der Waals surface area contributed by atoms with Crippen molar-refractivity contribution in [2.24, 2.45) is 0 Å². The van der Waals surface area contributed by atoms with Crippen LogP contribution in [0.4, 0.5) is 0 Å². The Bertz CT molecular complexity index is 785. The van der Waals surface area contributed by atoms with Crippen LogP contribution in [0.1, 0.15) is 26.0 Å². The first-order valence-corrected chi connectivity index (χ1v) is 7.89. The molecule has 3 aromatic rings. The van der Waals surface area contributed by atoms with Gasteiger partial charge in [0.2, 0.25) is 0 Å². The predicted octanol–water partition coefficient (Wildman–Crippen LogP) is 3.32. The Hall–Kier alpha value is -2.34. The van der Waals surface area contributed by atoms with Crippen LogP contribution in [0.2, 0.25) is 0 Å². The maximum Gasteiger partial charge on any atom is 0.271 e. The Kier molecular flexibility index (Phi) is 4.11. The molecule has 0 spiro atoms. The number of thiophene rings is 1. The fourth-order valence-electron chi connectivity index (χ4n) is 2.15. The Morgan fingerprint density at radius 3 is 2.86 bits per heavy atom. The summed E-state index contributed by atoms with van der Waals surface area (Å²) in [6.07, 6.45) is 0.832. The lowest BCUT2D eigenvalue weighted by Crippen LogP contribution is -2.25. The van der Waals surface area contributed by atoms with Crippen molar-refractivity contribution in [2.45, 2.75) is 20.3 Å². The summed E-state index contributed by atoms with van der Waals surface area (Å²) in [5, 5.41) is 9.74. The average molecular weight is 315 g/mol. The van der Waals surface area contributed by atoms with E-state index in [0.29, 0.717) is 23.7 Å². The molecule has 0 saturated heterocycles. The molecule has 0 atom stereocenters. The summed E-state index contributed by atoms with van der Waals surface area (Å²) in [7, 11) is 0. The molecule has 1 amide bonds. The van der Waals surface area contributed by atoms with Crippen molar-refractivity contribution in [2.75, 3.05) is 6.54 Å². The summed E-state index contributed by atoms with van der Waals surface area (Å²) < 4.78 is 5.50. The van der Waals surface area contributed by atoms with E-state index in [9.17, 15) is 4.79 Å². The fraction of sp³-hybridized carbons (Fsp3) is 0.250. The van der Waals surface area contributed by atoms with Crippen LogP contribution in [0.5, 0.6) is 0 Å². The van der Waals surface area contributed by atoms with Gasteiger partial charge in [-0.1, -0.05) is 0 Å². The quantitative estimate of drug-likeness (QED) is 0.758. The number of rotatable bonds is 5. The molecule has 2 N–H and O–H groups in total. The van der Waals surface area contributed by atoms with Crippen molar-refractivity contribution < 1.29 is 9.21 Å². The van der Waals surface area contributed by atoms with E-state index in [-0.39, 0.29) is 5.91 Å². The van der Waals surface area contributed by atoms with E-state index in [1.165, 1.54) is 9.75 Å². The highest BCUT2D eigenvalue weighted by Gasteiger charge is 2.12. The van der Waals surface area contributed by atoms with Crippen LogP contribution in [-0.2, 0) is 6.42 Å². The monoisotopic (exact) mass is 315 g/mol. The number of aromatic nitrogens is 2. The van der Waals surface area contributed by atoms with Crippen LogP contribution in [0, 0.1) is 13.8 Å². The number of H-pyrrole nitrogens is 1. The lowest BCUT2D eigenvalue weighted by Gasteiger charge is -2.01. The number of carbonyl (C=O) groups is 1. The van der Waals surface area contributed by atoms with Crippen molar-refractivity contribution in [1.82, 2.24) is 15.5 Å². The molecule has 22 heavy (non-hydrogen) atoms. The largest absolute Gasteiger partial charge is 0.460 e. The van der Waals surface area contributed by atoms with E-state index >= 15 is 0 Å². The Balaban J connectivity index is 1.57. The van der Waals surface area contributed by atoms with Gasteiger partial charge in [0.1, 0.15) is 11.5 Å². The van der Waals surface area contributed by atoms with Crippen LogP contribution < -0.4 is 5.32 Å². The van der Waals surface area contributed by atoms with Gasteiger partial charge in [-0.15, -0.1) is 11.3 Å². The zero-order valence-corrected chi connectivity index (χ0v) is 13.3. The molecule has 0 aliphatic carbocycles. The van der Waals surface area contributed by atoms with Crippen LogP contribution in [0.25, 0.3) is 11.5 Å². The third-order valence-corrected chi connectivity index (χ3v) is 4.33. The van der Waals surface area contributed by atoms with Crippen molar-refractivity contribution in [3.63, 3.8) is 0 Å². The fourth-order valence-corrected chi connectivity index (χ4v) is 3.04.